The third-order valence-electron chi connectivity index (χ3n) is 4.16. The first-order valence-electron chi connectivity index (χ1n) is 13.0. The molecule has 0 rings (SSSR count). The Balaban J connectivity index is 0. The molecule has 0 aliphatic carbocycles. The van der Waals surface area contributed by atoms with Crippen molar-refractivity contribution in [3.8, 4) is 0 Å². The summed E-state index contributed by atoms with van der Waals surface area (Å²) in [5.41, 5.74) is 0. The second-order valence-electron chi connectivity index (χ2n) is 6.92. The average Bonchev–Trinajstić information content (AvgIpc) is 2.68. The molecule has 9 heteroatoms. The Bertz CT molecular complexity index is 660. The van der Waals surface area contributed by atoms with Gasteiger partial charge in [-0.05, 0) is 32.1 Å². The fourth-order valence-corrected chi connectivity index (χ4v) is 2.82. The fraction of sp³-hybridized carbons (Fsp3) is 0.857. The summed E-state index contributed by atoms with van der Waals surface area (Å²) in [5, 5.41) is 9.82. The van der Waals surface area contributed by atoms with Crippen LogP contribution in [0, 0.1) is 0 Å². The molecule has 2 unspecified atom stereocenters. The van der Waals surface area contributed by atoms with E-state index < -0.39 is 33.0 Å². The number of phosphoric ester groups is 1. The molecule has 0 fully saturated rings. The van der Waals surface area contributed by atoms with Crippen molar-refractivity contribution in [1.82, 2.24) is 0 Å². The van der Waals surface area contributed by atoms with Crippen LogP contribution >= 0.6 is 7.82 Å². The van der Waals surface area contributed by atoms with Gasteiger partial charge in [0.15, 0.2) is 0 Å². The van der Waals surface area contributed by atoms with Crippen LogP contribution in [0.1, 0.15) is 104 Å². The van der Waals surface area contributed by atoms with E-state index in [0.717, 1.165) is 32.1 Å². The summed E-state index contributed by atoms with van der Waals surface area (Å²) in [6, 6.07) is 0. The van der Waals surface area contributed by atoms with Crippen molar-refractivity contribution < 1.29 is 69.9 Å². The first kappa shape index (κ1) is 23.4. The number of phosphoric acid groups is 1. The van der Waals surface area contributed by atoms with Crippen molar-refractivity contribution in [2.24, 2.45) is 0 Å². The van der Waals surface area contributed by atoms with Gasteiger partial charge in [-0.15, -0.1) is 0 Å². The molecule has 0 saturated heterocycles. The molecule has 0 aromatic heterocycles. The standard InChI is InChI=1S/C21H41O7P.Na/c1-2-3-4-5-6-7-8-9-10-11-12-13-14-15-16-17-21(23)27-18-20(22)19-28-29(24,25)26;/h9-10,20,22H,2-8,11-19H2,1H3,(H2,24,25,26);/q;+1/p-1/b10-9-;/i18D2,19D2,20D;. The van der Waals surface area contributed by atoms with E-state index in [1.165, 1.54) is 38.5 Å². The van der Waals surface area contributed by atoms with E-state index in [9.17, 15) is 19.4 Å². The zero-order valence-corrected chi connectivity index (χ0v) is 21.3. The van der Waals surface area contributed by atoms with Gasteiger partial charge in [0.25, 0.3) is 7.82 Å². The molecule has 30 heavy (non-hydrogen) atoms. The zero-order chi connectivity index (χ0) is 26.3. The normalized spacial score (nSPS) is 18.7. The topological polar surface area (TPSA) is 116 Å². The Morgan fingerprint density at radius 1 is 1.03 bits per heavy atom. The van der Waals surface area contributed by atoms with Gasteiger partial charge in [0.1, 0.15) is 12.6 Å². The molecule has 0 bridgehead atoms. The smallest absolute Gasteiger partial charge is 0.756 e. The average molecular weight is 464 g/mol. The van der Waals surface area contributed by atoms with Crippen molar-refractivity contribution in [1.29, 1.82) is 0 Å². The number of ether oxygens (including phenoxy) is 1. The van der Waals surface area contributed by atoms with Crippen LogP contribution in [-0.4, -0.2) is 35.2 Å². The van der Waals surface area contributed by atoms with Gasteiger partial charge in [-0.25, -0.2) is 0 Å². The van der Waals surface area contributed by atoms with Crippen LogP contribution in [0.2, 0.25) is 0 Å². The van der Waals surface area contributed by atoms with E-state index in [1.54, 1.807) is 0 Å². The molecular formula is C21H40NaO7P. The van der Waals surface area contributed by atoms with Gasteiger partial charge < -0.3 is 24.2 Å². The molecule has 0 saturated carbocycles. The third-order valence-corrected chi connectivity index (χ3v) is 4.48. The zero-order valence-electron chi connectivity index (χ0n) is 23.4. The Hall–Kier alpha value is 0.280. The van der Waals surface area contributed by atoms with Gasteiger partial charge in [-0.3, -0.25) is 9.36 Å². The first-order chi connectivity index (χ1) is 15.7. The first-order valence-corrected chi connectivity index (χ1v) is 12.0. The molecule has 2 atom stereocenters. The molecule has 172 valence electrons. The van der Waals surface area contributed by atoms with E-state index in [2.05, 4.69) is 28.3 Å². The minimum absolute atomic E-state index is 0. The summed E-state index contributed by atoms with van der Waals surface area (Å²) in [7, 11) is -5.75. The van der Waals surface area contributed by atoms with Crippen molar-refractivity contribution in [3.63, 3.8) is 0 Å². The minimum atomic E-state index is -5.75. The van der Waals surface area contributed by atoms with Crippen molar-refractivity contribution >= 4 is 13.8 Å². The van der Waals surface area contributed by atoms with Gasteiger partial charge >= 0.3 is 35.5 Å². The predicted octanol–water partition coefficient (Wildman–Crippen LogP) is 1.41. The Labute approximate surface area is 211 Å². The van der Waals surface area contributed by atoms with Crippen LogP contribution in [-0.2, 0) is 18.6 Å². The monoisotopic (exact) mass is 463 g/mol. The van der Waals surface area contributed by atoms with Crippen molar-refractivity contribution in [2.45, 2.75) is 103 Å². The van der Waals surface area contributed by atoms with Crippen molar-refractivity contribution in [3.05, 3.63) is 12.2 Å². The maximum atomic E-state index is 11.9. The Morgan fingerprint density at radius 2 is 1.53 bits per heavy atom. The Kier molecular flexibility index (Phi) is 17.6. The second kappa shape index (κ2) is 22.5. The largest absolute Gasteiger partial charge is 1.00 e. The number of hydrogen-bond donors (Lipinski definition) is 2. The number of carbonyl (C=O) groups is 1. The molecule has 2 N–H and O–H groups in total. The molecule has 0 aliphatic heterocycles. The van der Waals surface area contributed by atoms with Crippen LogP contribution in [0.15, 0.2) is 12.2 Å². The third kappa shape index (κ3) is 26.3. The maximum absolute atomic E-state index is 11.9. The summed E-state index contributed by atoms with van der Waals surface area (Å²) in [4.78, 5) is 31.1. The number of unbranched alkanes of at least 4 members (excludes halogenated alkanes) is 11. The van der Waals surface area contributed by atoms with Crippen molar-refractivity contribution in [2.75, 3.05) is 13.1 Å². The molecule has 0 aromatic rings. The number of carbonyl (C=O) groups excluding carboxylic acids is 1. The van der Waals surface area contributed by atoms with Gasteiger partial charge in [-0.2, -0.15) is 0 Å². The Morgan fingerprint density at radius 3 is 2.07 bits per heavy atom. The van der Waals surface area contributed by atoms with Gasteiger partial charge in [0, 0.05) is 6.42 Å². The molecular weight excluding hydrogens is 418 g/mol. The van der Waals surface area contributed by atoms with Crippen LogP contribution in [0.4, 0.5) is 0 Å². The summed E-state index contributed by atoms with van der Waals surface area (Å²) in [6.07, 6.45) is 13.9. The number of rotatable bonds is 20. The number of hydrogen-bond acceptors (Lipinski definition) is 6. The predicted molar refractivity (Wildman–Crippen MR) is 112 cm³/mol. The van der Waals surface area contributed by atoms with Gasteiger partial charge in [0.05, 0.1) is 13.4 Å². The second-order valence-corrected chi connectivity index (χ2v) is 8.04. The number of aliphatic hydroxyl groups is 1. The summed E-state index contributed by atoms with van der Waals surface area (Å²) < 4.78 is 55.6. The maximum Gasteiger partial charge on any atom is 1.00 e. The molecule has 0 amide bonds. The summed E-state index contributed by atoms with van der Waals surface area (Å²) >= 11 is 0. The molecule has 0 heterocycles. The van der Waals surface area contributed by atoms with Gasteiger partial charge in [0.2, 0.25) is 0 Å². The van der Waals surface area contributed by atoms with Gasteiger partial charge in [-0.1, -0.05) is 70.4 Å². The van der Waals surface area contributed by atoms with E-state index in [1.807, 2.05) is 0 Å². The van der Waals surface area contributed by atoms with Crippen LogP contribution in [0.5, 0.6) is 0 Å². The molecule has 0 radical (unpaired) electrons. The number of allylic oxidation sites excluding steroid dienone is 2. The summed E-state index contributed by atoms with van der Waals surface area (Å²) in [5.74, 6) is -1.13. The van der Waals surface area contributed by atoms with E-state index >= 15 is 0 Å². The van der Waals surface area contributed by atoms with E-state index in [0.29, 0.717) is 12.8 Å². The summed E-state index contributed by atoms with van der Waals surface area (Å²) in [6.45, 7) is -5.36. The van der Waals surface area contributed by atoms with E-state index in [4.69, 9.17) is 11.7 Å². The SMILES string of the molecule is [2H]C([2H])(OC(=O)CCCCCCC/C=C\CCCCCCCC)C([2H])(O)C([2H])([2H])OP(=O)([O-])O.[Na+]. The van der Waals surface area contributed by atoms with Crippen LogP contribution in [0.3, 0.4) is 0 Å². The van der Waals surface area contributed by atoms with E-state index in [-0.39, 0.29) is 36.0 Å². The molecule has 0 spiro atoms. The molecule has 0 aromatic carbocycles. The quantitative estimate of drug-likeness (QED) is 0.0922. The van der Waals surface area contributed by atoms with Crippen LogP contribution in [0.25, 0.3) is 0 Å². The molecule has 7 nitrogen and oxygen atoms in total. The minimum Gasteiger partial charge on any atom is -0.756 e. The fourth-order valence-electron chi connectivity index (χ4n) is 2.62. The number of esters is 1. The molecule has 0 aliphatic rings. The van der Waals surface area contributed by atoms with Crippen LogP contribution < -0.4 is 34.5 Å².